The molecular formula is C20H25FN2OS. The lowest BCUT2D eigenvalue weighted by molar-refractivity contribution is -0.123. The Morgan fingerprint density at radius 3 is 2.52 bits per heavy atom. The van der Waals surface area contributed by atoms with E-state index >= 15 is 0 Å². The largest absolute Gasteiger partial charge is 0.343 e. The maximum absolute atomic E-state index is 13.2. The van der Waals surface area contributed by atoms with Crippen molar-refractivity contribution >= 4 is 17.2 Å². The maximum atomic E-state index is 13.2. The minimum atomic E-state index is -0.267. The fourth-order valence-electron chi connectivity index (χ4n) is 3.76. The second kappa shape index (κ2) is 8.11. The van der Waals surface area contributed by atoms with Crippen LogP contribution < -0.4 is 5.32 Å². The van der Waals surface area contributed by atoms with Crippen LogP contribution in [0.5, 0.6) is 0 Å². The number of nitrogens with zero attached hydrogens (tertiary/aromatic N) is 1. The SMILES string of the molecule is C[C@H]1C[C@H](C)CN(CC(=O)N[C@@H](c2ccc(F)cc2)c2cccs2)C1. The first-order valence-corrected chi connectivity index (χ1v) is 9.70. The number of hydrogen-bond acceptors (Lipinski definition) is 3. The van der Waals surface area contributed by atoms with Crippen molar-refractivity contribution in [2.24, 2.45) is 11.8 Å². The number of nitrogens with one attached hydrogen (secondary N) is 1. The summed E-state index contributed by atoms with van der Waals surface area (Å²) in [4.78, 5) is 15.9. The van der Waals surface area contributed by atoms with Crippen LogP contribution in [0, 0.1) is 17.7 Å². The molecule has 2 heterocycles. The average Bonchev–Trinajstić information content (AvgIpc) is 3.06. The zero-order chi connectivity index (χ0) is 17.8. The number of benzene rings is 1. The second-order valence-electron chi connectivity index (χ2n) is 7.21. The summed E-state index contributed by atoms with van der Waals surface area (Å²) in [6.45, 7) is 6.84. The summed E-state index contributed by atoms with van der Waals surface area (Å²) in [5.41, 5.74) is 0.901. The summed E-state index contributed by atoms with van der Waals surface area (Å²) in [6, 6.07) is 10.1. The lowest BCUT2D eigenvalue weighted by Crippen LogP contribution is -2.45. The van der Waals surface area contributed by atoms with E-state index in [0.717, 1.165) is 23.5 Å². The van der Waals surface area contributed by atoms with E-state index < -0.39 is 0 Å². The van der Waals surface area contributed by atoms with Crippen LogP contribution in [0.3, 0.4) is 0 Å². The Morgan fingerprint density at radius 2 is 1.92 bits per heavy atom. The number of piperidine rings is 1. The van der Waals surface area contributed by atoms with Gasteiger partial charge in [0.05, 0.1) is 12.6 Å². The fourth-order valence-corrected chi connectivity index (χ4v) is 4.56. The molecule has 1 N–H and O–H groups in total. The molecule has 1 fully saturated rings. The summed E-state index contributed by atoms with van der Waals surface area (Å²) in [5, 5.41) is 5.13. The Balaban J connectivity index is 1.70. The number of rotatable bonds is 5. The van der Waals surface area contributed by atoms with Gasteiger partial charge >= 0.3 is 0 Å². The van der Waals surface area contributed by atoms with Crippen LogP contribution in [0.4, 0.5) is 4.39 Å². The van der Waals surface area contributed by atoms with Crippen LogP contribution in [0.1, 0.15) is 36.8 Å². The smallest absolute Gasteiger partial charge is 0.234 e. The molecule has 0 bridgehead atoms. The van der Waals surface area contributed by atoms with Crippen LogP contribution in [0.25, 0.3) is 0 Å². The van der Waals surface area contributed by atoms with Gasteiger partial charge in [0.1, 0.15) is 5.82 Å². The molecule has 1 aromatic carbocycles. The van der Waals surface area contributed by atoms with Gasteiger partial charge in [0.25, 0.3) is 0 Å². The predicted octanol–water partition coefficient (Wildman–Crippen LogP) is 4.07. The highest BCUT2D eigenvalue weighted by Crippen LogP contribution is 2.26. The standard InChI is InChI=1S/C20H25FN2OS/c1-14-10-15(2)12-23(11-14)13-19(24)22-20(18-4-3-9-25-18)16-5-7-17(21)8-6-16/h3-9,14-15,20H,10-13H2,1-2H3,(H,22,24)/t14-,15-,20-/m0/s1. The first-order valence-electron chi connectivity index (χ1n) is 8.82. The number of likely N-dealkylation sites (tertiary alicyclic amines) is 1. The highest BCUT2D eigenvalue weighted by molar-refractivity contribution is 7.10. The molecule has 134 valence electrons. The number of carbonyl (C=O) groups excluding carboxylic acids is 1. The van der Waals surface area contributed by atoms with Crippen molar-refractivity contribution in [2.75, 3.05) is 19.6 Å². The lowest BCUT2D eigenvalue weighted by Gasteiger charge is -2.34. The molecule has 0 saturated carbocycles. The van der Waals surface area contributed by atoms with E-state index in [4.69, 9.17) is 0 Å². The van der Waals surface area contributed by atoms with Crippen molar-refractivity contribution in [1.29, 1.82) is 0 Å². The van der Waals surface area contributed by atoms with Crippen molar-refractivity contribution in [3.63, 3.8) is 0 Å². The van der Waals surface area contributed by atoms with E-state index in [9.17, 15) is 9.18 Å². The molecule has 1 aromatic heterocycles. The Labute approximate surface area is 152 Å². The number of halogens is 1. The summed E-state index contributed by atoms with van der Waals surface area (Å²) >= 11 is 1.60. The normalized spacial score (nSPS) is 22.5. The minimum Gasteiger partial charge on any atom is -0.343 e. The molecule has 5 heteroatoms. The molecule has 3 atom stereocenters. The molecule has 1 aliphatic heterocycles. The van der Waals surface area contributed by atoms with Crippen LogP contribution in [-0.4, -0.2) is 30.4 Å². The van der Waals surface area contributed by atoms with E-state index in [-0.39, 0.29) is 17.8 Å². The van der Waals surface area contributed by atoms with Crippen molar-refractivity contribution in [2.45, 2.75) is 26.3 Å². The minimum absolute atomic E-state index is 0.0176. The number of carbonyl (C=O) groups is 1. The first kappa shape index (κ1) is 18.1. The van der Waals surface area contributed by atoms with Gasteiger partial charge < -0.3 is 5.32 Å². The van der Waals surface area contributed by atoms with Gasteiger partial charge in [0, 0.05) is 18.0 Å². The monoisotopic (exact) mass is 360 g/mol. The molecule has 1 aliphatic rings. The van der Waals surface area contributed by atoms with Gasteiger partial charge in [-0.05, 0) is 47.4 Å². The Morgan fingerprint density at radius 1 is 1.24 bits per heavy atom. The quantitative estimate of drug-likeness (QED) is 0.872. The van der Waals surface area contributed by atoms with Crippen molar-refractivity contribution < 1.29 is 9.18 Å². The Hall–Kier alpha value is -1.72. The van der Waals surface area contributed by atoms with Crippen LogP contribution in [0.15, 0.2) is 41.8 Å². The van der Waals surface area contributed by atoms with Gasteiger partial charge in [-0.3, -0.25) is 9.69 Å². The van der Waals surface area contributed by atoms with Gasteiger partial charge in [0.15, 0.2) is 0 Å². The molecule has 0 radical (unpaired) electrons. The second-order valence-corrected chi connectivity index (χ2v) is 8.19. The summed E-state index contributed by atoms with van der Waals surface area (Å²) < 4.78 is 13.2. The van der Waals surface area contributed by atoms with Crippen LogP contribution in [-0.2, 0) is 4.79 Å². The predicted molar refractivity (Wildman–Crippen MR) is 100 cm³/mol. The molecule has 1 amide bonds. The summed E-state index contributed by atoms with van der Waals surface area (Å²) in [7, 11) is 0. The zero-order valence-electron chi connectivity index (χ0n) is 14.7. The van der Waals surface area contributed by atoms with Gasteiger partial charge in [-0.25, -0.2) is 4.39 Å². The topological polar surface area (TPSA) is 32.3 Å². The molecule has 25 heavy (non-hydrogen) atoms. The molecular weight excluding hydrogens is 335 g/mol. The Kier molecular flexibility index (Phi) is 5.86. The maximum Gasteiger partial charge on any atom is 0.234 e. The van der Waals surface area contributed by atoms with Gasteiger partial charge in [-0.2, -0.15) is 0 Å². The van der Waals surface area contributed by atoms with E-state index in [1.54, 1.807) is 23.5 Å². The molecule has 3 nitrogen and oxygen atoms in total. The third kappa shape index (κ3) is 4.89. The molecule has 3 rings (SSSR count). The highest BCUT2D eigenvalue weighted by atomic mass is 32.1. The average molecular weight is 360 g/mol. The van der Waals surface area contributed by atoms with Crippen molar-refractivity contribution in [3.05, 3.63) is 58.0 Å². The molecule has 0 aliphatic carbocycles. The van der Waals surface area contributed by atoms with Gasteiger partial charge in [0.2, 0.25) is 5.91 Å². The van der Waals surface area contributed by atoms with Crippen molar-refractivity contribution in [1.82, 2.24) is 10.2 Å². The van der Waals surface area contributed by atoms with E-state index in [0.29, 0.717) is 18.4 Å². The van der Waals surface area contributed by atoms with Gasteiger partial charge in [-0.1, -0.05) is 32.0 Å². The summed E-state index contributed by atoms with van der Waals surface area (Å²) in [5.74, 6) is 1.00. The van der Waals surface area contributed by atoms with Crippen LogP contribution in [0.2, 0.25) is 0 Å². The van der Waals surface area contributed by atoms with Crippen LogP contribution >= 0.6 is 11.3 Å². The zero-order valence-corrected chi connectivity index (χ0v) is 15.6. The Bertz CT molecular complexity index is 676. The number of amides is 1. The fraction of sp³-hybridized carbons (Fsp3) is 0.450. The van der Waals surface area contributed by atoms with E-state index in [1.165, 1.54) is 18.6 Å². The van der Waals surface area contributed by atoms with Crippen molar-refractivity contribution in [3.8, 4) is 0 Å². The highest BCUT2D eigenvalue weighted by Gasteiger charge is 2.25. The molecule has 0 spiro atoms. The third-order valence-corrected chi connectivity index (χ3v) is 5.59. The van der Waals surface area contributed by atoms with E-state index in [1.807, 2.05) is 17.5 Å². The van der Waals surface area contributed by atoms with E-state index in [2.05, 4.69) is 24.1 Å². The number of hydrogen-bond donors (Lipinski definition) is 1. The number of thiophene rings is 1. The first-order chi connectivity index (χ1) is 12.0. The summed E-state index contributed by atoms with van der Waals surface area (Å²) in [6.07, 6.45) is 1.23. The van der Waals surface area contributed by atoms with Gasteiger partial charge in [-0.15, -0.1) is 11.3 Å². The third-order valence-electron chi connectivity index (χ3n) is 4.65. The molecule has 2 aromatic rings. The molecule has 1 saturated heterocycles. The lowest BCUT2D eigenvalue weighted by atomic mass is 9.92. The molecule has 0 unspecified atom stereocenters.